The summed E-state index contributed by atoms with van der Waals surface area (Å²) < 4.78 is 4.80. The van der Waals surface area contributed by atoms with Crippen LogP contribution in [0.1, 0.15) is 26.0 Å². The summed E-state index contributed by atoms with van der Waals surface area (Å²) in [5.41, 5.74) is -0.366. The van der Waals surface area contributed by atoms with Crippen LogP contribution >= 0.6 is 0 Å². The van der Waals surface area contributed by atoms with Gasteiger partial charge in [0.15, 0.2) is 5.54 Å². The van der Waals surface area contributed by atoms with E-state index in [4.69, 9.17) is 4.74 Å². The molecule has 0 fully saturated rings. The van der Waals surface area contributed by atoms with Crippen molar-refractivity contribution >= 4 is 5.97 Å². The number of carbonyl (C=O) groups is 1. The number of hydrogen-bond donors (Lipinski definition) is 1. The Balaban J connectivity index is 2.99. The van der Waals surface area contributed by atoms with Crippen molar-refractivity contribution in [3.8, 4) is 0 Å². The third-order valence-corrected chi connectivity index (χ3v) is 2.40. The van der Waals surface area contributed by atoms with Crippen molar-refractivity contribution in [2.75, 3.05) is 13.7 Å². The van der Waals surface area contributed by atoms with Crippen molar-refractivity contribution in [2.24, 2.45) is 0 Å². The van der Waals surface area contributed by atoms with Crippen molar-refractivity contribution in [1.82, 2.24) is 15.3 Å². The Hall–Kier alpha value is -1.49. The zero-order valence-electron chi connectivity index (χ0n) is 9.86. The van der Waals surface area contributed by atoms with Crippen LogP contribution < -0.4 is 5.32 Å². The summed E-state index contributed by atoms with van der Waals surface area (Å²) >= 11 is 0. The Labute approximate surface area is 95.3 Å². The lowest BCUT2D eigenvalue weighted by Gasteiger charge is -2.26. The molecule has 88 valence electrons. The Morgan fingerprint density at radius 3 is 2.81 bits per heavy atom. The number of aromatic nitrogens is 2. The summed E-state index contributed by atoms with van der Waals surface area (Å²) in [5.74, 6) is -0.360. The molecular weight excluding hydrogens is 206 g/mol. The maximum absolute atomic E-state index is 11.8. The molecule has 0 aliphatic carbocycles. The van der Waals surface area contributed by atoms with Crippen LogP contribution in [0.3, 0.4) is 0 Å². The first kappa shape index (κ1) is 12.6. The van der Waals surface area contributed by atoms with Gasteiger partial charge in [0.05, 0.1) is 19.0 Å². The molecule has 0 aromatic carbocycles. The number of esters is 1. The van der Waals surface area contributed by atoms with Gasteiger partial charge in [0.2, 0.25) is 0 Å². The van der Waals surface area contributed by atoms with Gasteiger partial charge in [0.1, 0.15) is 0 Å². The summed E-state index contributed by atoms with van der Waals surface area (Å²) in [7, 11) is 1.37. The third-order valence-electron chi connectivity index (χ3n) is 2.40. The highest BCUT2D eigenvalue weighted by Gasteiger charge is 2.37. The maximum atomic E-state index is 11.8. The van der Waals surface area contributed by atoms with Gasteiger partial charge in [0, 0.05) is 12.4 Å². The second-order valence-corrected chi connectivity index (χ2v) is 3.63. The van der Waals surface area contributed by atoms with Crippen molar-refractivity contribution in [3.63, 3.8) is 0 Å². The SMILES string of the molecule is CCCNC(C)(C(=O)OC)c1cnccn1. The van der Waals surface area contributed by atoms with E-state index in [2.05, 4.69) is 15.3 Å². The topological polar surface area (TPSA) is 64.1 Å². The van der Waals surface area contributed by atoms with E-state index in [0.29, 0.717) is 12.2 Å². The van der Waals surface area contributed by atoms with Gasteiger partial charge in [-0.3, -0.25) is 15.3 Å². The Kier molecular flexibility index (Phi) is 4.37. The number of nitrogens with one attached hydrogen (secondary N) is 1. The molecule has 1 unspecified atom stereocenters. The quantitative estimate of drug-likeness (QED) is 0.750. The minimum Gasteiger partial charge on any atom is -0.467 e. The minimum atomic E-state index is -0.932. The van der Waals surface area contributed by atoms with Crippen LogP contribution in [0.15, 0.2) is 18.6 Å². The van der Waals surface area contributed by atoms with Gasteiger partial charge in [-0.15, -0.1) is 0 Å². The van der Waals surface area contributed by atoms with Crippen LogP contribution in [-0.4, -0.2) is 29.6 Å². The van der Waals surface area contributed by atoms with Gasteiger partial charge in [0.25, 0.3) is 0 Å². The number of carbonyl (C=O) groups excluding carboxylic acids is 1. The van der Waals surface area contributed by atoms with Crippen LogP contribution in [-0.2, 0) is 15.1 Å². The summed E-state index contributed by atoms with van der Waals surface area (Å²) in [6.07, 6.45) is 5.62. The van der Waals surface area contributed by atoms with Gasteiger partial charge in [-0.25, -0.2) is 4.79 Å². The fraction of sp³-hybridized carbons (Fsp3) is 0.545. The first-order valence-electron chi connectivity index (χ1n) is 5.25. The average Bonchev–Trinajstić information content (AvgIpc) is 2.36. The fourth-order valence-corrected chi connectivity index (χ4v) is 1.40. The number of rotatable bonds is 5. The molecule has 0 saturated heterocycles. The fourth-order valence-electron chi connectivity index (χ4n) is 1.40. The Morgan fingerprint density at radius 2 is 2.31 bits per heavy atom. The molecule has 1 aromatic heterocycles. The predicted molar refractivity (Wildman–Crippen MR) is 59.7 cm³/mol. The highest BCUT2D eigenvalue weighted by Crippen LogP contribution is 2.19. The van der Waals surface area contributed by atoms with Crippen molar-refractivity contribution in [3.05, 3.63) is 24.3 Å². The molecule has 1 N–H and O–H groups in total. The van der Waals surface area contributed by atoms with E-state index in [1.165, 1.54) is 7.11 Å². The van der Waals surface area contributed by atoms with E-state index < -0.39 is 5.54 Å². The maximum Gasteiger partial charge on any atom is 0.332 e. The zero-order valence-corrected chi connectivity index (χ0v) is 9.86. The first-order chi connectivity index (χ1) is 7.65. The van der Waals surface area contributed by atoms with Crippen molar-refractivity contribution in [1.29, 1.82) is 0 Å². The van der Waals surface area contributed by atoms with E-state index in [0.717, 1.165) is 6.42 Å². The van der Waals surface area contributed by atoms with Gasteiger partial charge >= 0.3 is 5.97 Å². The number of nitrogens with zero attached hydrogens (tertiary/aromatic N) is 2. The molecule has 0 bridgehead atoms. The minimum absolute atomic E-state index is 0.360. The Morgan fingerprint density at radius 1 is 1.56 bits per heavy atom. The molecule has 5 nitrogen and oxygen atoms in total. The van der Waals surface area contributed by atoms with Crippen molar-refractivity contribution < 1.29 is 9.53 Å². The van der Waals surface area contributed by atoms with Crippen LogP contribution in [0, 0.1) is 0 Å². The smallest absolute Gasteiger partial charge is 0.332 e. The second kappa shape index (κ2) is 5.55. The number of methoxy groups -OCH3 is 1. The van der Waals surface area contributed by atoms with E-state index in [-0.39, 0.29) is 5.97 Å². The average molecular weight is 223 g/mol. The molecule has 1 rings (SSSR count). The van der Waals surface area contributed by atoms with E-state index >= 15 is 0 Å². The molecule has 1 aromatic rings. The van der Waals surface area contributed by atoms with Crippen LogP contribution in [0.2, 0.25) is 0 Å². The van der Waals surface area contributed by atoms with Crippen LogP contribution in [0.25, 0.3) is 0 Å². The lowest BCUT2D eigenvalue weighted by Crippen LogP contribution is -2.48. The van der Waals surface area contributed by atoms with Crippen LogP contribution in [0.5, 0.6) is 0 Å². The van der Waals surface area contributed by atoms with Gasteiger partial charge in [-0.1, -0.05) is 6.92 Å². The normalized spacial score (nSPS) is 14.2. The molecule has 1 heterocycles. The lowest BCUT2D eigenvalue weighted by molar-refractivity contribution is -0.148. The van der Waals surface area contributed by atoms with Gasteiger partial charge < -0.3 is 4.74 Å². The molecule has 0 spiro atoms. The standard InChI is InChI=1S/C11H17N3O2/c1-4-5-14-11(2,10(15)16-3)9-8-12-6-7-13-9/h6-8,14H,4-5H2,1-3H3. The van der Waals surface area contributed by atoms with Gasteiger partial charge in [-0.05, 0) is 19.9 Å². The van der Waals surface area contributed by atoms with E-state index in [1.807, 2.05) is 6.92 Å². The zero-order chi connectivity index (χ0) is 12.0. The molecule has 0 aliphatic heterocycles. The summed E-state index contributed by atoms with van der Waals surface area (Å²) in [4.78, 5) is 19.9. The largest absolute Gasteiger partial charge is 0.467 e. The summed E-state index contributed by atoms with van der Waals surface area (Å²) in [6, 6.07) is 0. The summed E-state index contributed by atoms with van der Waals surface area (Å²) in [5, 5.41) is 3.14. The van der Waals surface area contributed by atoms with Crippen molar-refractivity contribution in [2.45, 2.75) is 25.8 Å². The molecule has 16 heavy (non-hydrogen) atoms. The summed E-state index contributed by atoms with van der Waals surface area (Å²) in [6.45, 7) is 4.49. The third kappa shape index (κ3) is 2.55. The van der Waals surface area contributed by atoms with Gasteiger partial charge in [-0.2, -0.15) is 0 Å². The highest BCUT2D eigenvalue weighted by atomic mass is 16.5. The predicted octanol–water partition coefficient (Wildman–Crippen LogP) is 0.864. The number of ether oxygens (including phenoxy) is 1. The molecule has 0 amide bonds. The monoisotopic (exact) mass is 223 g/mol. The molecule has 5 heteroatoms. The Bertz CT molecular complexity index is 342. The second-order valence-electron chi connectivity index (χ2n) is 3.63. The lowest BCUT2D eigenvalue weighted by atomic mass is 9.98. The van der Waals surface area contributed by atoms with Crippen LogP contribution in [0.4, 0.5) is 0 Å². The molecular formula is C11H17N3O2. The molecule has 1 atom stereocenters. The highest BCUT2D eigenvalue weighted by molar-refractivity contribution is 5.81. The first-order valence-corrected chi connectivity index (χ1v) is 5.25. The van der Waals surface area contributed by atoms with E-state index in [9.17, 15) is 4.79 Å². The van der Waals surface area contributed by atoms with E-state index in [1.54, 1.807) is 25.5 Å². The molecule has 0 aliphatic rings. The number of hydrogen-bond acceptors (Lipinski definition) is 5. The molecule has 0 saturated carbocycles. The molecule has 0 radical (unpaired) electrons.